The third-order valence-corrected chi connectivity index (χ3v) is 6.83. The minimum atomic E-state index is -4.82. The fraction of sp³-hybridized carbons (Fsp3) is 0. The number of hydrogen-bond donors (Lipinski definition) is 4. The van der Waals surface area contributed by atoms with Crippen LogP contribution in [-0.2, 0) is 10.1 Å². The average molecular weight is 538 g/mol. The minimum absolute atomic E-state index is 0. The molecule has 0 aliphatic heterocycles. The van der Waals surface area contributed by atoms with Gasteiger partial charge in [0.1, 0.15) is 4.90 Å². The summed E-state index contributed by atoms with van der Waals surface area (Å²) >= 11 is 0. The maximum absolute atomic E-state index is 13.4. The molecule has 5 N–H and O–H groups in total. The number of rotatable bonds is 5. The van der Waals surface area contributed by atoms with E-state index in [1.807, 2.05) is 0 Å². The zero-order valence-electron chi connectivity index (χ0n) is 19.1. The van der Waals surface area contributed by atoms with E-state index in [2.05, 4.69) is 10.6 Å². The van der Waals surface area contributed by atoms with E-state index in [1.54, 1.807) is 66.7 Å². The number of benzene rings is 4. The molecule has 1 aliphatic rings. The Labute approximate surface area is 240 Å². The summed E-state index contributed by atoms with van der Waals surface area (Å²) < 4.78 is 33.9. The van der Waals surface area contributed by atoms with Crippen LogP contribution < -0.4 is 16.4 Å². The molecule has 1 aliphatic carbocycles. The van der Waals surface area contributed by atoms with Gasteiger partial charge in [-0.25, -0.2) is 0 Å². The number of anilines is 4. The molecule has 0 bridgehead atoms. The van der Waals surface area contributed by atoms with Crippen LogP contribution in [0.15, 0.2) is 89.8 Å². The van der Waals surface area contributed by atoms with Crippen molar-refractivity contribution in [1.82, 2.24) is 0 Å². The molecule has 0 saturated heterocycles. The molecule has 9 nitrogen and oxygen atoms in total. The molecule has 0 atom stereocenters. The van der Waals surface area contributed by atoms with E-state index in [1.165, 1.54) is 12.1 Å². The molecule has 0 saturated carbocycles. The normalized spacial score (nSPS) is 12.1. The summed E-state index contributed by atoms with van der Waals surface area (Å²) in [6.07, 6.45) is 0. The molecular formula is C27H20N3NaO6S. The first-order valence-electron chi connectivity index (χ1n) is 11.0. The zero-order valence-corrected chi connectivity index (χ0v) is 19.9. The standard InChI is InChI=1S/C27H19N3O6S.Na.H/c28-24-21(37(34,35)36)14-20(22-23(24)26(32)19-9-5-4-8-18(19)25(22)31)29-16-10-12-17(13-11-16)30-27(33)15-6-2-1-3-7-15;;/h1-14,29H,28H2,(H,30,33)(H,34,35,36);;. The number of carbonyl (C=O) groups is 3. The van der Waals surface area contributed by atoms with Crippen LogP contribution >= 0.6 is 0 Å². The van der Waals surface area contributed by atoms with E-state index in [0.717, 1.165) is 6.07 Å². The molecule has 4 aromatic carbocycles. The number of nitrogens with one attached hydrogen (secondary N) is 2. The van der Waals surface area contributed by atoms with Gasteiger partial charge in [-0.1, -0.05) is 42.5 Å². The average Bonchev–Trinajstić information content (AvgIpc) is 2.89. The Morgan fingerprint density at radius 2 is 1.29 bits per heavy atom. The van der Waals surface area contributed by atoms with Crippen LogP contribution in [0.25, 0.3) is 0 Å². The van der Waals surface area contributed by atoms with Gasteiger partial charge >= 0.3 is 29.6 Å². The van der Waals surface area contributed by atoms with Crippen molar-refractivity contribution in [2.75, 3.05) is 16.4 Å². The molecule has 0 heterocycles. The zero-order chi connectivity index (χ0) is 26.3. The Balaban J connectivity index is 0.00000336. The third-order valence-electron chi connectivity index (χ3n) is 5.94. The molecule has 0 radical (unpaired) electrons. The van der Waals surface area contributed by atoms with Gasteiger partial charge in [-0.3, -0.25) is 18.9 Å². The quantitative estimate of drug-likeness (QED) is 0.150. The molecule has 1 amide bonds. The van der Waals surface area contributed by atoms with Crippen LogP contribution in [0, 0.1) is 0 Å². The first-order chi connectivity index (χ1) is 17.6. The predicted octanol–water partition coefficient (Wildman–Crippen LogP) is 3.64. The van der Waals surface area contributed by atoms with Gasteiger partial charge in [0, 0.05) is 28.1 Å². The van der Waals surface area contributed by atoms with Gasteiger partial charge in [-0.15, -0.1) is 0 Å². The van der Waals surface area contributed by atoms with Crippen molar-refractivity contribution < 1.29 is 27.4 Å². The summed E-state index contributed by atoms with van der Waals surface area (Å²) in [5.74, 6) is -1.45. The van der Waals surface area contributed by atoms with Crippen LogP contribution in [0.4, 0.5) is 22.7 Å². The number of nitrogen functional groups attached to an aromatic ring is 1. The van der Waals surface area contributed by atoms with Crippen molar-refractivity contribution >= 4 is 79.9 Å². The molecule has 0 unspecified atom stereocenters. The maximum atomic E-state index is 13.4. The van der Waals surface area contributed by atoms with Gasteiger partial charge in [0.05, 0.1) is 22.5 Å². The molecule has 5 rings (SSSR count). The molecule has 0 aromatic heterocycles. The van der Waals surface area contributed by atoms with E-state index >= 15 is 0 Å². The summed E-state index contributed by atoms with van der Waals surface area (Å²) in [6.45, 7) is 0. The van der Waals surface area contributed by atoms with E-state index < -0.39 is 32.3 Å². The van der Waals surface area contributed by atoms with Crippen molar-refractivity contribution in [2.45, 2.75) is 4.90 Å². The number of ketones is 2. The third kappa shape index (κ3) is 5.00. The topological polar surface area (TPSA) is 156 Å². The van der Waals surface area contributed by atoms with E-state index in [-0.39, 0.29) is 63.4 Å². The van der Waals surface area contributed by atoms with Crippen molar-refractivity contribution in [1.29, 1.82) is 0 Å². The fourth-order valence-electron chi connectivity index (χ4n) is 4.19. The second-order valence-electron chi connectivity index (χ2n) is 8.29. The fourth-order valence-corrected chi connectivity index (χ4v) is 4.84. The molecule has 4 aromatic rings. The van der Waals surface area contributed by atoms with Crippen molar-refractivity contribution in [2.24, 2.45) is 0 Å². The van der Waals surface area contributed by atoms with E-state index in [4.69, 9.17) is 5.73 Å². The van der Waals surface area contributed by atoms with Crippen molar-refractivity contribution in [3.63, 3.8) is 0 Å². The van der Waals surface area contributed by atoms with Gasteiger partial charge in [-0.2, -0.15) is 8.42 Å². The first-order valence-corrected chi connectivity index (χ1v) is 12.4. The van der Waals surface area contributed by atoms with E-state index in [9.17, 15) is 27.4 Å². The summed E-state index contributed by atoms with van der Waals surface area (Å²) in [4.78, 5) is 38.3. The Bertz CT molecular complexity index is 1710. The van der Waals surface area contributed by atoms with E-state index in [0.29, 0.717) is 16.9 Å². The Hall–Kier alpha value is -3.80. The summed E-state index contributed by atoms with van der Waals surface area (Å²) in [5, 5.41) is 5.71. The SMILES string of the molecule is Nc1c(S(=O)(=O)O)cc(Nc2ccc(NC(=O)c3ccccc3)cc2)c2c1C(=O)c1ccccc1C2=O.[NaH]. The van der Waals surface area contributed by atoms with Crippen LogP contribution in [0.1, 0.15) is 42.2 Å². The van der Waals surface area contributed by atoms with Crippen molar-refractivity contribution in [3.8, 4) is 0 Å². The summed E-state index contributed by atoms with van der Waals surface area (Å²) in [5.41, 5.74) is 6.71. The second kappa shape index (κ2) is 10.5. The summed E-state index contributed by atoms with van der Waals surface area (Å²) in [6, 6.07) is 22.2. The first kappa shape index (κ1) is 27.2. The Kier molecular flexibility index (Phi) is 7.54. The van der Waals surface area contributed by atoms with Crippen LogP contribution in [0.3, 0.4) is 0 Å². The number of amides is 1. The van der Waals surface area contributed by atoms with Crippen LogP contribution in [-0.4, -0.2) is 60.0 Å². The van der Waals surface area contributed by atoms with Crippen molar-refractivity contribution in [3.05, 3.63) is 113 Å². The molecule has 38 heavy (non-hydrogen) atoms. The number of fused-ring (bicyclic) bond motifs is 2. The van der Waals surface area contributed by atoms with Crippen LogP contribution in [0.5, 0.6) is 0 Å². The Morgan fingerprint density at radius 1 is 0.763 bits per heavy atom. The molecular weight excluding hydrogens is 517 g/mol. The molecule has 186 valence electrons. The van der Waals surface area contributed by atoms with Gasteiger partial charge in [-0.05, 0) is 42.5 Å². The summed E-state index contributed by atoms with van der Waals surface area (Å²) in [7, 11) is -4.82. The molecule has 0 fully saturated rings. The predicted molar refractivity (Wildman–Crippen MR) is 145 cm³/mol. The Morgan fingerprint density at radius 3 is 1.87 bits per heavy atom. The van der Waals surface area contributed by atoms with Crippen LogP contribution in [0.2, 0.25) is 0 Å². The number of carbonyl (C=O) groups excluding carboxylic acids is 3. The van der Waals surface area contributed by atoms with Gasteiger partial charge < -0.3 is 16.4 Å². The second-order valence-corrected chi connectivity index (χ2v) is 9.68. The van der Waals surface area contributed by atoms with Gasteiger partial charge in [0.25, 0.3) is 16.0 Å². The van der Waals surface area contributed by atoms with Gasteiger partial charge in [0.2, 0.25) is 0 Å². The number of nitrogens with two attached hydrogens (primary N) is 1. The number of hydrogen-bond acceptors (Lipinski definition) is 7. The monoisotopic (exact) mass is 537 g/mol. The van der Waals surface area contributed by atoms with Gasteiger partial charge in [0.15, 0.2) is 11.6 Å². The molecule has 0 spiro atoms. The molecule has 11 heteroatoms.